The van der Waals surface area contributed by atoms with Crippen molar-refractivity contribution in [3.63, 3.8) is 0 Å². The highest BCUT2D eigenvalue weighted by atomic mass is 32.1. The van der Waals surface area contributed by atoms with Gasteiger partial charge in [-0.3, -0.25) is 0 Å². The summed E-state index contributed by atoms with van der Waals surface area (Å²) in [6.07, 6.45) is 2.48. The Morgan fingerprint density at radius 2 is 2.27 bits per heavy atom. The Hall–Kier alpha value is -2.19. The number of aromatic nitrogens is 1. The summed E-state index contributed by atoms with van der Waals surface area (Å²) in [7, 11) is 0. The van der Waals surface area contributed by atoms with Crippen LogP contribution in [0.2, 0.25) is 0 Å². The summed E-state index contributed by atoms with van der Waals surface area (Å²) in [4.78, 5) is 10.0. The van der Waals surface area contributed by atoms with Crippen molar-refractivity contribution in [2.75, 3.05) is 19.9 Å². The molecule has 26 heavy (non-hydrogen) atoms. The summed E-state index contributed by atoms with van der Waals surface area (Å²) < 4.78 is 24.6. The van der Waals surface area contributed by atoms with Crippen molar-refractivity contribution in [2.24, 2.45) is 4.99 Å². The molecule has 1 aliphatic rings. The molecule has 0 atom stereocenters. The van der Waals surface area contributed by atoms with Crippen molar-refractivity contribution in [3.05, 3.63) is 45.2 Å². The SMILES string of the molecule is CCNC(=NCc1ncc(C)s1)NCCc1cc(F)cc2c1OCOC2. The lowest BCUT2D eigenvalue weighted by atomic mass is 10.1. The third kappa shape index (κ3) is 4.92. The second-order valence-corrected chi connectivity index (χ2v) is 7.22. The molecule has 1 aromatic carbocycles. The number of ether oxygens (including phenoxy) is 2. The number of aryl methyl sites for hydroxylation is 1. The van der Waals surface area contributed by atoms with E-state index in [1.54, 1.807) is 11.3 Å². The van der Waals surface area contributed by atoms with Crippen molar-refractivity contribution in [1.82, 2.24) is 15.6 Å². The first-order valence-corrected chi connectivity index (χ1v) is 9.42. The van der Waals surface area contributed by atoms with E-state index in [0.717, 1.165) is 34.4 Å². The highest BCUT2D eigenvalue weighted by Crippen LogP contribution is 2.29. The Balaban J connectivity index is 1.60. The summed E-state index contributed by atoms with van der Waals surface area (Å²) >= 11 is 1.64. The molecule has 2 aromatic rings. The van der Waals surface area contributed by atoms with Crippen LogP contribution in [-0.4, -0.2) is 30.8 Å². The molecule has 8 heteroatoms. The molecule has 0 unspecified atom stereocenters. The maximum absolute atomic E-state index is 13.8. The Kier molecular flexibility index (Phi) is 6.40. The van der Waals surface area contributed by atoms with Gasteiger partial charge in [0.25, 0.3) is 0 Å². The van der Waals surface area contributed by atoms with Crippen LogP contribution in [0.3, 0.4) is 0 Å². The van der Waals surface area contributed by atoms with Crippen molar-refractivity contribution in [3.8, 4) is 5.75 Å². The third-order valence-electron chi connectivity index (χ3n) is 3.82. The summed E-state index contributed by atoms with van der Waals surface area (Å²) in [6.45, 7) is 6.54. The molecule has 0 spiro atoms. The van der Waals surface area contributed by atoms with Crippen molar-refractivity contribution in [2.45, 2.75) is 33.4 Å². The van der Waals surface area contributed by atoms with Crippen LogP contribution in [0.5, 0.6) is 5.75 Å². The van der Waals surface area contributed by atoms with Crippen LogP contribution in [0.1, 0.15) is 27.9 Å². The van der Waals surface area contributed by atoms with Gasteiger partial charge in [0.2, 0.25) is 0 Å². The molecule has 6 nitrogen and oxygen atoms in total. The van der Waals surface area contributed by atoms with Crippen LogP contribution >= 0.6 is 11.3 Å². The molecule has 0 fully saturated rings. The number of nitrogens with one attached hydrogen (secondary N) is 2. The summed E-state index contributed by atoms with van der Waals surface area (Å²) in [6, 6.07) is 2.99. The fraction of sp³-hybridized carbons (Fsp3) is 0.444. The van der Waals surface area contributed by atoms with Crippen LogP contribution < -0.4 is 15.4 Å². The number of hydrogen-bond donors (Lipinski definition) is 2. The maximum Gasteiger partial charge on any atom is 0.191 e. The van der Waals surface area contributed by atoms with Crippen LogP contribution in [0, 0.1) is 12.7 Å². The lowest BCUT2D eigenvalue weighted by Gasteiger charge is -2.21. The zero-order chi connectivity index (χ0) is 18.4. The Labute approximate surface area is 156 Å². The Bertz CT molecular complexity index is 779. The minimum absolute atomic E-state index is 0.205. The van der Waals surface area contributed by atoms with E-state index in [4.69, 9.17) is 9.47 Å². The number of fused-ring (bicyclic) bond motifs is 1. The van der Waals surface area contributed by atoms with Crippen LogP contribution in [0.15, 0.2) is 23.3 Å². The number of rotatable bonds is 6. The molecule has 2 N–H and O–H groups in total. The summed E-state index contributed by atoms with van der Waals surface area (Å²) in [5, 5.41) is 7.47. The highest BCUT2D eigenvalue weighted by molar-refractivity contribution is 7.11. The molecule has 1 aromatic heterocycles. The van der Waals surface area contributed by atoms with E-state index in [1.807, 2.05) is 20.0 Å². The largest absolute Gasteiger partial charge is 0.467 e. The molecule has 140 valence electrons. The third-order valence-corrected chi connectivity index (χ3v) is 4.72. The molecule has 2 heterocycles. The van der Waals surface area contributed by atoms with Gasteiger partial charge in [0.15, 0.2) is 12.8 Å². The number of nitrogens with zero attached hydrogens (tertiary/aromatic N) is 2. The fourth-order valence-electron chi connectivity index (χ4n) is 2.72. The minimum atomic E-state index is -0.271. The molecular formula is C18H23FN4O2S. The smallest absolute Gasteiger partial charge is 0.191 e. The van der Waals surface area contributed by atoms with Crippen molar-refractivity contribution < 1.29 is 13.9 Å². The highest BCUT2D eigenvalue weighted by Gasteiger charge is 2.16. The lowest BCUT2D eigenvalue weighted by molar-refractivity contribution is -0.0172. The summed E-state index contributed by atoms with van der Waals surface area (Å²) in [5.41, 5.74) is 1.59. The van der Waals surface area contributed by atoms with Crippen LogP contribution in [0.25, 0.3) is 0 Å². The normalized spacial score (nSPS) is 13.9. The van der Waals surface area contributed by atoms with Gasteiger partial charge in [0, 0.05) is 29.7 Å². The maximum atomic E-state index is 13.8. The van der Waals surface area contributed by atoms with Crippen LogP contribution in [0.4, 0.5) is 4.39 Å². The van der Waals surface area contributed by atoms with Gasteiger partial charge in [-0.05, 0) is 38.0 Å². The number of aliphatic imine (C=N–C) groups is 1. The van der Waals surface area contributed by atoms with Gasteiger partial charge in [0.05, 0.1) is 13.2 Å². The number of hydrogen-bond acceptors (Lipinski definition) is 5. The Morgan fingerprint density at radius 3 is 3.04 bits per heavy atom. The van der Waals surface area contributed by atoms with E-state index >= 15 is 0 Å². The van der Waals surface area contributed by atoms with E-state index in [9.17, 15) is 4.39 Å². The fourth-order valence-corrected chi connectivity index (χ4v) is 3.43. The van der Waals surface area contributed by atoms with E-state index in [-0.39, 0.29) is 12.6 Å². The first kappa shape index (κ1) is 18.6. The molecule has 0 saturated heterocycles. The molecule has 0 amide bonds. The van der Waals surface area contributed by atoms with E-state index in [1.165, 1.54) is 17.0 Å². The number of thiazole rings is 1. The second kappa shape index (κ2) is 8.95. The van der Waals surface area contributed by atoms with E-state index in [0.29, 0.717) is 26.1 Å². The molecular weight excluding hydrogens is 355 g/mol. The average Bonchev–Trinajstić information content (AvgIpc) is 3.05. The van der Waals surface area contributed by atoms with Crippen molar-refractivity contribution in [1.29, 1.82) is 0 Å². The van der Waals surface area contributed by atoms with Gasteiger partial charge in [-0.25, -0.2) is 14.4 Å². The predicted octanol–water partition coefficient (Wildman–Crippen LogP) is 2.75. The first-order valence-electron chi connectivity index (χ1n) is 8.61. The number of benzene rings is 1. The minimum Gasteiger partial charge on any atom is -0.467 e. The monoisotopic (exact) mass is 378 g/mol. The molecule has 3 rings (SSSR count). The molecule has 0 bridgehead atoms. The molecule has 0 aliphatic carbocycles. The van der Waals surface area contributed by atoms with Crippen molar-refractivity contribution >= 4 is 17.3 Å². The van der Waals surface area contributed by atoms with Gasteiger partial charge in [-0.15, -0.1) is 11.3 Å². The first-order chi connectivity index (χ1) is 12.7. The standard InChI is InChI=1S/C18H23FN4O2S/c1-3-20-18(23-9-16-22-8-12(2)26-16)21-5-4-13-6-15(19)7-14-10-24-11-25-17(13)14/h6-8H,3-5,9-11H2,1-2H3,(H2,20,21,23). The van der Waals surface area contributed by atoms with Gasteiger partial charge in [-0.1, -0.05) is 0 Å². The lowest BCUT2D eigenvalue weighted by Crippen LogP contribution is -2.38. The predicted molar refractivity (Wildman–Crippen MR) is 100 cm³/mol. The van der Waals surface area contributed by atoms with Gasteiger partial charge in [0.1, 0.15) is 16.6 Å². The topological polar surface area (TPSA) is 67.8 Å². The van der Waals surface area contributed by atoms with E-state index < -0.39 is 0 Å². The average molecular weight is 378 g/mol. The van der Waals surface area contributed by atoms with Gasteiger partial charge in [-0.2, -0.15) is 0 Å². The molecule has 0 radical (unpaired) electrons. The van der Waals surface area contributed by atoms with Gasteiger partial charge < -0.3 is 20.1 Å². The number of halogens is 1. The summed E-state index contributed by atoms with van der Waals surface area (Å²) in [5.74, 6) is 1.18. The number of guanidine groups is 1. The van der Waals surface area contributed by atoms with Crippen LogP contribution in [-0.2, 0) is 24.3 Å². The van der Waals surface area contributed by atoms with Gasteiger partial charge >= 0.3 is 0 Å². The molecule has 0 saturated carbocycles. The Morgan fingerprint density at radius 1 is 1.38 bits per heavy atom. The van der Waals surface area contributed by atoms with E-state index in [2.05, 4.69) is 20.6 Å². The molecule has 1 aliphatic heterocycles. The second-order valence-electron chi connectivity index (χ2n) is 5.90. The zero-order valence-corrected chi connectivity index (χ0v) is 15.8. The zero-order valence-electron chi connectivity index (χ0n) is 15.0. The quantitative estimate of drug-likeness (QED) is 0.598.